The molecule has 0 heterocycles. The first-order chi connectivity index (χ1) is 6.52. The Balaban J connectivity index is 2.53. The first kappa shape index (κ1) is 12.1. The molecule has 0 bridgehead atoms. The van der Waals surface area contributed by atoms with Gasteiger partial charge >= 0.3 is 4.52 Å². The lowest BCUT2D eigenvalue weighted by Crippen LogP contribution is -2.22. The van der Waals surface area contributed by atoms with Crippen molar-refractivity contribution in [1.82, 2.24) is 0 Å². The fraction of sp³-hybridized carbons (Fsp3) is 0.125. The van der Waals surface area contributed by atoms with Crippen LogP contribution in [0.25, 0.3) is 0 Å². The van der Waals surface area contributed by atoms with Crippen LogP contribution >= 0.6 is 46.8 Å². The molecule has 14 heavy (non-hydrogen) atoms. The minimum Gasteiger partial charge on any atom is -0.275 e. The van der Waals surface area contributed by atoms with E-state index in [0.717, 1.165) is 16.9 Å². The van der Waals surface area contributed by atoms with Crippen LogP contribution < -0.4 is 0 Å². The maximum Gasteiger partial charge on any atom is 0.304 e. The summed E-state index contributed by atoms with van der Waals surface area (Å²) in [4.78, 5) is 11.4. The van der Waals surface area contributed by atoms with Gasteiger partial charge in [-0.1, -0.05) is 41.4 Å². The highest BCUT2D eigenvalue weighted by Crippen LogP contribution is 2.33. The van der Waals surface area contributed by atoms with Gasteiger partial charge in [0.1, 0.15) is 0 Å². The smallest absolute Gasteiger partial charge is 0.275 e. The molecule has 2 nitrogen and oxygen atoms in total. The van der Waals surface area contributed by atoms with Crippen LogP contribution in [-0.2, 0) is 8.98 Å². The molecule has 6 heteroatoms. The van der Waals surface area contributed by atoms with Gasteiger partial charge in [0.05, 0.1) is 0 Å². The highest BCUT2D eigenvalue weighted by atomic mass is 35.5. The van der Waals surface area contributed by atoms with Gasteiger partial charge < -0.3 is 0 Å². The van der Waals surface area contributed by atoms with Crippen LogP contribution in [0.1, 0.15) is 0 Å². The molecule has 0 radical (unpaired) electrons. The fourth-order valence-corrected chi connectivity index (χ4v) is 1.43. The van der Waals surface area contributed by atoms with Gasteiger partial charge in [0.25, 0.3) is 5.24 Å². The topological polar surface area (TPSA) is 26.3 Å². The Morgan fingerprint density at radius 2 is 1.86 bits per heavy atom. The molecule has 0 atom stereocenters. The van der Waals surface area contributed by atoms with Gasteiger partial charge in [-0.05, 0) is 23.7 Å². The van der Waals surface area contributed by atoms with E-state index in [2.05, 4.69) is 0 Å². The van der Waals surface area contributed by atoms with Crippen LogP contribution in [0.3, 0.4) is 0 Å². The van der Waals surface area contributed by atoms with E-state index in [4.69, 9.17) is 39.0 Å². The Labute approximate surface area is 101 Å². The number of hydrogen-bond acceptors (Lipinski definition) is 3. The predicted octanol–water partition coefficient (Wildman–Crippen LogP) is 3.61. The number of benzene rings is 1. The quantitative estimate of drug-likeness (QED) is 0.475. The molecule has 0 N–H and O–H groups in total. The number of alkyl halides is 2. The second-order valence-corrected chi connectivity index (χ2v) is 4.68. The van der Waals surface area contributed by atoms with Crippen LogP contribution in [0.5, 0.6) is 0 Å². The van der Waals surface area contributed by atoms with Gasteiger partial charge in [-0.15, -0.1) is 0 Å². The Morgan fingerprint density at radius 3 is 2.36 bits per heavy atom. The van der Waals surface area contributed by atoms with Crippen molar-refractivity contribution in [2.75, 3.05) is 0 Å². The zero-order valence-electron chi connectivity index (χ0n) is 6.75. The lowest BCUT2D eigenvalue weighted by molar-refractivity contribution is -0.116. The molecule has 1 rings (SSSR count). The minimum atomic E-state index is -2.01. The van der Waals surface area contributed by atoms with Crippen molar-refractivity contribution in [2.24, 2.45) is 0 Å². The van der Waals surface area contributed by atoms with E-state index in [1.54, 1.807) is 12.1 Å². The monoisotopic (exact) mass is 270 g/mol. The summed E-state index contributed by atoms with van der Waals surface area (Å²) in [5.74, 6) is 0. The average Bonchev–Trinajstić information content (AvgIpc) is 2.16. The summed E-state index contributed by atoms with van der Waals surface area (Å²) in [6, 6.07) is 9.06. The molecule has 0 aliphatic rings. The first-order valence-corrected chi connectivity index (χ1v) is 5.38. The number of rotatable bonds is 4. The van der Waals surface area contributed by atoms with Gasteiger partial charge in [-0.3, -0.25) is 8.98 Å². The molecule has 0 aromatic heterocycles. The molecular formula is C8H5Cl3O2S. The third kappa shape index (κ3) is 3.67. The maximum absolute atomic E-state index is 10.6. The van der Waals surface area contributed by atoms with Crippen molar-refractivity contribution in [3.8, 4) is 0 Å². The Morgan fingerprint density at radius 1 is 1.29 bits per heavy atom. The van der Waals surface area contributed by atoms with Crippen LogP contribution in [-0.4, -0.2) is 9.76 Å². The summed E-state index contributed by atoms with van der Waals surface area (Å²) < 4.78 is 2.83. The second kappa shape index (κ2) is 5.24. The highest BCUT2D eigenvalue weighted by molar-refractivity contribution is 7.94. The summed E-state index contributed by atoms with van der Waals surface area (Å²) >= 11 is 16.9. The second-order valence-electron chi connectivity index (χ2n) is 2.27. The van der Waals surface area contributed by atoms with E-state index in [0.29, 0.717) is 0 Å². The summed E-state index contributed by atoms with van der Waals surface area (Å²) in [5, 5.41) is -0.968. The number of hydrogen-bond donors (Lipinski definition) is 0. The normalized spacial score (nSPS) is 11.4. The van der Waals surface area contributed by atoms with Crippen molar-refractivity contribution < 1.29 is 8.98 Å². The van der Waals surface area contributed by atoms with E-state index in [9.17, 15) is 4.79 Å². The number of carbonyl (C=O) groups is 1. The van der Waals surface area contributed by atoms with Crippen molar-refractivity contribution in [2.45, 2.75) is 9.41 Å². The zero-order chi connectivity index (χ0) is 10.6. The fourth-order valence-electron chi connectivity index (χ4n) is 0.609. The van der Waals surface area contributed by atoms with Crippen molar-refractivity contribution in [3.05, 3.63) is 30.3 Å². The van der Waals surface area contributed by atoms with Gasteiger partial charge in [-0.25, -0.2) is 0 Å². The van der Waals surface area contributed by atoms with E-state index in [-0.39, 0.29) is 0 Å². The molecule has 0 saturated heterocycles. The summed E-state index contributed by atoms with van der Waals surface area (Å²) in [7, 11) is 0. The first-order valence-electron chi connectivity index (χ1n) is 3.51. The summed E-state index contributed by atoms with van der Waals surface area (Å²) in [6.07, 6.45) is 0. The molecule has 76 valence electrons. The van der Waals surface area contributed by atoms with Crippen LogP contribution in [0, 0.1) is 0 Å². The molecule has 0 aliphatic heterocycles. The van der Waals surface area contributed by atoms with Crippen molar-refractivity contribution in [1.29, 1.82) is 0 Å². The SMILES string of the molecule is O=C(Cl)C(Cl)(Cl)OSc1ccccc1. The Hall–Kier alpha value is 0.0700. The van der Waals surface area contributed by atoms with Gasteiger partial charge in [-0.2, -0.15) is 0 Å². The Kier molecular flexibility index (Phi) is 4.54. The molecule has 0 fully saturated rings. The van der Waals surface area contributed by atoms with Gasteiger partial charge in [0.2, 0.25) is 0 Å². The lowest BCUT2D eigenvalue weighted by atomic mass is 10.4. The third-order valence-electron chi connectivity index (χ3n) is 1.21. The van der Waals surface area contributed by atoms with Crippen LogP contribution in [0.2, 0.25) is 0 Å². The molecule has 1 aromatic rings. The van der Waals surface area contributed by atoms with Crippen molar-refractivity contribution in [3.63, 3.8) is 0 Å². The predicted molar refractivity (Wildman–Crippen MR) is 58.7 cm³/mol. The maximum atomic E-state index is 10.6. The largest absolute Gasteiger partial charge is 0.304 e. The molecular weight excluding hydrogens is 267 g/mol. The van der Waals surface area contributed by atoms with E-state index in [1.807, 2.05) is 18.2 Å². The molecule has 1 aromatic carbocycles. The van der Waals surface area contributed by atoms with Crippen LogP contribution in [0.15, 0.2) is 35.2 Å². The molecule has 0 aliphatic carbocycles. The van der Waals surface area contributed by atoms with Gasteiger partial charge in [0, 0.05) is 16.9 Å². The molecule has 0 spiro atoms. The van der Waals surface area contributed by atoms with Crippen molar-refractivity contribution >= 4 is 52.1 Å². The lowest BCUT2D eigenvalue weighted by Gasteiger charge is -2.13. The van der Waals surface area contributed by atoms with Crippen LogP contribution in [0.4, 0.5) is 0 Å². The standard InChI is InChI=1S/C8H5Cl3O2S/c9-7(12)8(10,11)13-14-6-4-2-1-3-5-6/h1-5H. The Bertz CT molecular complexity index is 316. The zero-order valence-corrected chi connectivity index (χ0v) is 9.83. The highest BCUT2D eigenvalue weighted by Gasteiger charge is 2.34. The number of halogens is 3. The molecule has 0 amide bonds. The molecule has 0 saturated carbocycles. The van der Waals surface area contributed by atoms with Gasteiger partial charge in [0.15, 0.2) is 0 Å². The molecule has 0 unspecified atom stereocenters. The average molecular weight is 272 g/mol. The third-order valence-corrected chi connectivity index (χ3v) is 3.15. The van der Waals surface area contributed by atoms with E-state index in [1.165, 1.54) is 0 Å². The van der Waals surface area contributed by atoms with E-state index < -0.39 is 9.76 Å². The number of carbonyl (C=O) groups excluding carboxylic acids is 1. The minimum absolute atomic E-state index is 0.774. The van der Waals surface area contributed by atoms with E-state index >= 15 is 0 Å². The summed E-state index contributed by atoms with van der Waals surface area (Å²) in [6.45, 7) is 0. The summed E-state index contributed by atoms with van der Waals surface area (Å²) in [5.41, 5.74) is 0.